The number of alkyl halides is 2. The highest BCUT2D eigenvalue weighted by atomic mass is 19.3. The molecule has 0 aromatic heterocycles. The standard InChI is InChI=1S/C14H19F2NO2/c1-19-13-4-2-3-10-7-11(5-6-12(10)13)17-8-14(15,16)9-18/h2-4,11,17-18H,5-9H2,1H3. The SMILES string of the molecule is COc1cccc2c1CCC(NCC(F)(F)CO)C2. The number of rotatable bonds is 5. The van der Waals surface area contributed by atoms with Gasteiger partial charge in [-0.05, 0) is 36.5 Å². The van der Waals surface area contributed by atoms with E-state index in [0.717, 1.165) is 24.2 Å². The van der Waals surface area contributed by atoms with Gasteiger partial charge in [0.05, 0.1) is 13.7 Å². The first-order chi connectivity index (χ1) is 9.05. The van der Waals surface area contributed by atoms with Crippen LogP contribution in [-0.2, 0) is 12.8 Å². The number of hydrogen-bond donors (Lipinski definition) is 2. The van der Waals surface area contributed by atoms with Crippen molar-refractivity contribution in [3.63, 3.8) is 0 Å². The van der Waals surface area contributed by atoms with Gasteiger partial charge in [0.25, 0.3) is 5.92 Å². The summed E-state index contributed by atoms with van der Waals surface area (Å²) in [6.07, 6.45) is 2.34. The normalized spacial score (nSPS) is 19.1. The first-order valence-electron chi connectivity index (χ1n) is 6.42. The van der Waals surface area contributed by atoms with E-state index in [1.165, 1.54) is 5.56 Å². The molecule has 0 saturated carbocycles. The fraction of sp³-hybridized carbons (Fsp3) is 0.571. The van der Waals surface area contributed by atoms with Gasteiger partial charge >= 0.3 is 0 Å². The molecule has 0 spiro atoms. The summed E-state index contributed by atoms with van der Waals surface area (Å²) in [5.41, 5.74) is 2.33. The topological polar surface area (TPSA) is 41.5 Å². The third kappa shape index (κ3) is 3.42. The predicted octanol–water partition coefficient (Wildman–Crippen LogP) is 1.77. The lowest BCUT2D eigenvalue weighted by atomic mass is 9.87. The highest BCUT2D eigenvalue weighted by Crippen LogP contribution is 2.29. The Morgan fingerprint density at radius 3 is 2.95 bits per heavy atom. The minimum Gasteiger partial charge on any atom is -0.496 e. The molecule has 0 saturated heterocycles. The Balaban J connectivity index is 1.99. The van der Waals surface area contributed by atoms with Crippen LogP contribution < -0.4 is 10.1 Å². The first-order valence-corrected chi connectivity index (χ1v) is 6.42. The molecule has 3 nitrogen and oxygen atoms in total. The molecular formula is C14H19F2NO2. The average Bonchev–Trinajstić information content (AvgIpc) is 2.44. The van der Waals surface area contributed by atoms with Gasteiger partial charge in [0.15, 0.2) is 0 Å². The molecule has 1 unspecified atom stereocenters. The van der Waals surface area contributed by atoms with Gasteiger partial charge in [-0.3, -0.25) is 0 Å². The third-order valence-electron chi connectivity index (χ3n) is 3.54. The zero-order valence-corrected chi connectivity index (χ0v) is 11.0. The van der Waals surface area contributed by atoms with Crippen LogP contribution in [0.25, 0.3) is 0 Å². The van der Waals surface area contributed by atoms with Crippen LogP contribution in [0.5, 0.6) is 5.75 Å². The smallest absolute Gasteiger partial charge is 0.282 e. The quantitative estimate of drug-likeness (QED) is 0.857. The van der Waals surface area contributed by atoms with Gasteiger partial charge in [0, 0.05) is 6.04 Å². The van der Waals surface area contributed by atoms with E-state index >= 15 is 0 Å². The van der Waals surface area contributed by atoms with Crippen LogP contribution in [-0.4, -0.2) is 37.3 Å². The first kappa shape index (κ1) is 14.2. The molecule has 1 aliphatic rings. The number of nitrogens with one attached hydrogen (secondary N) is 1. The maximum atomic E-state index is 13.0. The second kappa shape index (κ2) is 5.84. The van der Waals surface area contributed by atoms with Gasteiger partial charge in [-0.2, -0.15) is 0 Å². The van der Waals surface area contributed by atoms with Gasteiger partial charge in [0.1, 0.15) is 12.4 Å². The summed E-state index contributed by atoms with van der Waals surface area (Å²) in [6.45, 7) is -1.59. The number of aliphatic hydroxyl groups is 1. The molecule has 1 atom stereocenters. The van der Waals surface area contributed by atoms with Crippen molar-refractivity contribution in [2.75, 3.05) is 20.3 Å². The molecule has 0 heterocycles. The van der Waals surface area contributed by atoms with Gasteiger partial charge in [-0.1, -0.05) is 12.1 Å². The summed E-state index contributed by atoms with van der Waals surface area (Å²) in [6, 6.07) is 5.88. The van der Waals surface area contributed by atoms with Crippen molar-refractivity contribution in [1.29, 1.82) is 0 Å². The lowest BCUT2D eigenvalue weighted by Gasteiger charge is -2.28. The molecule has 0 fully saturated rings. The zero-order chi connectivity index (χ0) is 13.9. The van der Waals surface area contributed by atoms with Crippen molar-refractivity contribution >= 4 is 0 Å². The van der Waals surface area contributed by atoms with Crippen molar-refractivity contribution in [2.24, 2.45) is 0 Å². The molecule has 2 rings (SSSR count). The van der Waals surface area contributed by atoms with E-state index in [4.69, 9.17) is 9.84 Å². The van der Waals surface area contributed by atoms with Crippen LogP contribution in [0, 0.1) is 0 Å². The molecule has 1 aromatic carbocycles. The van der Waals surface area contributed by atoms with Crippen LogP contribution >= 0.6 is 0 Å². The monoisotopic (exact) mass is 271 g/mol. The maximum Gasteiger partial charge on any atom is 0.282 e. The number of fused-ring (bicyclic) bond motifs is 1. The minimum absolute atomic E-state index is 0.0250. The Hall–Kier alpha value is -1.20. The van der Waals surface area contributed by atoms with E-state index in [1.807, 2.05) is 18.2 Å². The zero-order valence-electron chi connectivity index (χ0n) is 11.0. The fourth-order valence-corrected chi connectivity index (χ4v) is 2.49. The number of aliphatic hydroxyl groups excluding tert-OH is 1. The van der Waals surface area contributed by atoms with E-state index < -0.39 is 19.1 Å². The van der Waals surface area contributed by atoms with Crippen LogP contribution in [0.1, 0.15) is 17.5 Å². The summed E-state index contributed by atoms with van der Waals surface area (Å²) in [5, 5.41) is 11.4. The second-order valence-corrected chi connectivity index (χ2v) is 4.93. The van der Waals surface area contributed by atoms with Gasteiger partial charge < -0.3 is 15.2 Å². The van der Waals surface area contributed by atoms with Crippen molar-refractivity contribution in [1.82, 2.24) is 5.32 Å². The Morgan fingerprint density at radius 1 is 1.47 bits per heavy atom. The minimum atomic E-state index is -3.05. The highest BCUT2D eigenvalue weighted by molar-refractivity contribution is 5.42. The number of halogens is 2. The number of hydrogen-bond acceptors (Lipinski definition) is 3. The van der Waals surface area contributed by atoms with Crippen LogP contribution in [0.3, 0.4) is 0 Å². The molecule has 1 aliphatic carbocycles. The molecule has 0 amide bonds. The van der Waals surface area contributed by atoms with Crippen LogP contribution in [0.15, 0.2) is 18.2 Å². The van der Waals surface area contributed by atoms with Crippen molar-refractivity contribution in [3.8, 4) is 5.75 Å². The molecule has 0 radical (unpaired) electrons. The fourth-order valence-electron chi connectivity index (χ4n) is 2.49. The highest BCUT2D eigenvalue weighted by Gasteiger charge is 2.29. The van der Waals surface area contributed by atoms with E-state index in [1.54, 1.807) is 7.11 Å². The van der Waals surface area contributed by atoms with Crippen molar-refractivity contribution < 1.29 is 18.6 Å². The molecule has 106 valence electrons. The number of benzene rings is 1. The largest absolute Gasteiger partial charge is 0.496 e. The van der Waals surface area contributed by atoms with Crippen molar-refractivity contribution in [2.45, 2.75) is 31.2 Å². The van der Waals surface area contributed by atoms with Crippen LogP contribution in [0.2, 0.25) is 0 Å². The number of methoxy groups -OCH3 is 1. The average molecular weight is 271 g/mol. The molecule has 2 N–H and O–H groups in total. The Labute approximate surface area is 111 Å². The Kier molecular flexibility index (Phi) is 4.37. The molecule has 19 heavy (non-hydrogen) atoms. The summed E-state index contributed by atoms with van der Waals surface area (Å²) >= 11 is 0. The predicted molar refractivity (Wildman–Crippen MR) is 68.8 cm³/mol. The van der Waals surface area contributed by atoms with E-state index in [0.29, 0.717) is 6.42 Å². The lowest BCUT2D eigenvalue weighted by Crippen LogP contribution is -2.43. The Bertz CT molecular complexity index is 437. The summed E-state index contributed by atoms with van der Waals surface area (Å²) < 4.78 is 31.3. The van der Waals surface area contributed by atoms with E-state index in [2.05, 4.69) is 5.32 Å². The summed E-state index contributed by atoms with van der Waals surface area (Å²) in [5.74, 6) is -2.18. The van der Waals surface area contributed by atoms with E-state index in [-0.39, 0.29) is 6.04 Å². The Morgan fingerprint density at radius 2 is 2.26 bits per heavy atom. The lowest BCUT2D eigenvalue weighted by molar-refractivity contribution is -0.0495. The van der Waals surface area contributed by atoms with Crippen LogP contribution in [0.4, 0.5) is 8.78 Å². The summed E-state index contributed by atoms with van der Waals surface area (Å²) in [4.78, 5) is 0. The molecule has 5 heteroatoms. The van der Waals surface area contributed by atoms with Gasteiger partial charge in [-0.25, -0.2) is 8.78 Å². The molecular weight excluding hydrogens is 252 g/mol. The third-order valence-corrected chi connectivity index (χ3v) is 3.54. The summed E-state index contributed by atoms with van der Waals surface area (Å²) in [7, 11) is 1.64. The van der Waals surface area contributed by atoms with Gasteiger partial charge in [0.2, 0.25) is 0 Å². The van der Waals surface area contributed by atoms with E-state index in [9.17, 15) is 8.78 Å². The molecule has 0 aliphatic heterocycles. The number of ether oxygens (including phenoxy) is 1. The maximum absolute atomic E-state index is 13.0. The molecule has 1 aromatic rings. The second-order valence-electron chi connectivity index (χ2n) is 4.93. The molecule has 0 bridgehead atoms. The van der Waals surface area contributed by atoms with Crippen molar-refractivity contribution in [3.05, 3.63) is 29.3 Å². The van der Waals surface area contributed by atoms with Gasteiger partial charge in [-0.15, -0.1) is 0 Å².